The van der Waals surface area contributed by atoms with Crippen molar-refractivity contribution in [2.45, 2.75) is 44.9 Å². The van der Waals surface area contributed by atoms with Crippen LogP contribution in [0, 0.1) is 11.6 Å². The molecule has 3 rings (SSSR count). The normalized spacial score (nSPS) is 12.7. The molecule has 3 N–H and O–H groups in total. The number of para-hydroxylation sites is 1. The van der Waals surface area contributed by atoms with Gasteiger partial charge in [-0.25, -0.2) is 8.78 Å². The smallest absolute Gasteiger partial charge is 0.224 e. The lowest BCUT2D eigenvalue weighted by Crippen LogP contribution is -2.49. The van der Waals surface area contributed by atoms with E-state index in [9.17, 15) is 18.7 Å². The number of hydrogen-bond donors (Lipinski definition) is 3. The summed E-state index contributed by atoms with van der Waals surface area (Å²) in [6.45, 7) is 2.82. The van der Waals surface area contributed by atoms with E-state index >= 15 is 0 Å². The summed E-state index contributed by atoms with van der Waals surface area (Å²) >= 11 is 0. The van der Waals surface area contributed by atoms with E-state index in [1.54, 1.807) is 12.1 Å². The van der Waals surface area contributed by atoms with Crippen LogP contribution in [0.1, 0.15) is 29.2 Å². The molecule has 3 aromatic carbocycles. The van der Waals surface area contributed by atoms with Gasteiger partial charge in [0.2, 0.25) is 5.91 Å². The Morgan fingerprint density at radius 2 is 1.69 bits per heavy atom. The van der Waals surface area contributed by atoms with Crippen molar-refractivity contribution in [3.8, 4) is 5.75 Å². The summed E-state index contributed by atoms with van der Waals surface area (Å²) < 4.78 is 32.8. The van der Waals surface area contributed by atoms with Crippen LogP contribution >= 0.6 is 0 Å². The van der Waals surface area contributed by atoms with Crippen LogP contribution in [0.2, 0.25) is 0 Å². The molecule has 186 valence electrons. The molecule has 0 radical (unpaired) electrons. The van der Waals surface area contributed by atoms with Gasteiger partial charge in [-0.3, -0.25) is 4.79 Å². The maximum Gasteiger partial charge on any atom is 0.224 e. The van der Waals surface area contributed by atoms with Crippen LogP contribution in [0.25, 0.3) is 0 Å². The first-order valence-electron chi connectivity index (χ1n) is 11.7. The molecule has 0 aliphatic carbocycles. The minimum atomic E-state index is -0.989. The SMILES string of the molecule is CCc1cccc(CNCC(O)C(Cc2cc(F)cc(F)c2)NC(=O)Cc2ccccc2OC)c1. The Balaban J connectivity index is 1.68. The van der Waals surface area contributed by atoms with Crippen molar-refractivity contribution in [2.24, 2.45) is 0 Å². The van der Waals surface area contributed by atoms with Crippen LogP contribution in [-0.2, 0) is 30.6 Å². The van der Waals surface area contributed by atoms with Crippen LogP contribution in [0.5, 0.6) is 5.75 Å². The number of amides is 1. The Hall–Kier alpha value is -3.29. The first-order valence-corrected chi connectivity index (χ1v) is 11.7. The molecular formula is C28H32F2N2O3. The predicted molar refractivity (Wildman–Crippen MR) is 132 cm³/mol. The van der Waals surface area contributed by atoms with Crippen molar-refractivity contribution < 1.29 is 23.4 Å². The number of halogens is 2. The summed E-state index contributed by atoms with van der Waals surface area (Å²) in [5, 5.41) is 17.0. The van der Waals surface area contributed by atoms with E-state index in [2.05, 4.69) is 29.7 Å². The van der Waals surface area contributed by atoms with E-state index in [4.69, 9.17) is 4.74 Å². The van der Waals surface area contributed by atoms with Crippen LogP contribution in [0.15, 0.2) is 66.7 Å². The molecule has 0 spiro atoms. The number of aryl methyl sites for hydroxylation is 1. The van der Waals surface area contributed by atoms with Crippen molar-refractivity contribution in [3.63, 3.8) is 0 Å². The second-order valence-corrected chi connectivity index (χ2v) is 8.52. The van der Waals surface area contributed by atoms with E-state index < -0.39 is 23.8 Å². The quantitative estimate of drug-likeness (QED) is 0.366. The number of nitrogens with one attached hydrogen (secondary N) is 2. The third-order valence-corrected chi connectivity index (χ3v) is 5.81. The number of aliphatic hydroxyl groups is 1. The molecular weight excluding hydrogens is 450 g/mol. The number of carbonyl (C=O) groups excluding carboxylic acids is 1. The van der Waals surface area contributed by atoms with Gasteiger partial charge in [-0.15, -0.1) is 0 Å². The molecule has 0 aliphatic rings. The van der Waals surface area contributed by atoms with E-state index in [-0.39, 0.29) is 25.3 Å². The largest absolute Gasteiger partial charge is 0.496 e. The van der Waals surface area contributed by atoms with Crippen LogP contribution < -0.4 is 15.4 Å². The summed E-state index contributed by atoms with van der Waals surface area (Å²) in [5.41, 5.74) is 3.35. The lowest BCUT2D eigenvalue weighted by Gasteiger charge is -2.25. The molecule has 0 saturated carbocycles. The minimum Gasteiger partial charge on any atom is -0.496 e. The number of carbonyl (C=O) groups is 1. The molecule has 1 amide bonds. The maximum absolute atomic E-state index is 13.7. The molecule has 0 aromatic heterocycles. The first kappa shape index (κ1) is 26.3. The molecule has 2 unspecified atom stereocenters. The van der Waals surface area contributed by atoms with Gasteiger partial charge in [0.15, 0.2) is 0 Å². The van der Waals surface area contributed by atoms with Crippen molar-refractivity contribution in [3.05, 3.63) is 101 Å². The van der Waals surface area contributed by atoms with Gasteiger partial charge in [-0.1, -0.05) is 49.4 Å². The topological polar surface area (TPSA) is 70.6 Å². The zero-order valence-electron chi connectivity index (χ0n) is 20.1. The Morgan fingerprint density at radius 1 is 0.971 bits per heavy atom. The monoisotopic (exact) mass is 482 g/mol. The van der Waals surface area contributed by atoms with Gasteiger partial charge in [-0.2, -0.15) is 0 Å². The Bertz CT molecular complexity index is 1100. The summed E-state index contributed by atoms with van der Waals surface area (Å²) in [4.78, 5) is 12.8. The van der Waals surface area contributed by atoms with Gasteiger partial charge in [-0.05, 0) is 47.7 Å². The Labute approximate surface area is 205 Å². The fraction of sp³-hybridized carbons (Fsp3) is 0.321. The third-order valence-electron chi connectivity index (χ3n) is 5.81. The number of rotatable bonds is 12. The van der Waals surface area contributed by atoms with Gasteiger partial charge >= 0.3 is 0 Å². The van der Waals surface area contributed by atoms with Crippen molar-refractivity contribution in [2.75, 3.05) is 13.7 Å². The van der Waals surface area contributed by atoms with Crippen LogP contribution in [0.3, 0.4) is 0 Å². The minimum absolute atomic E-state index is 0.0436. The van der Waals surface area contributed by atoms with Gasteiger partial charge < -0.3 is 20.5 Å². The van der Waals surface area contributed by atoms with Gasteiger partial charge in [0.05, 0.1) is 25.7 Å². The summed E-state index contributed by atoms with van der Waals surface area (Å²) in [6.07, 6.45) is 0.0565. The number of ether oxygens (including phenoxy) is 1. The van der Waals surface area contributed by atoms with Crippen molar-refractivity contribution >= 4 is 5.91 Å². The number of benzene rings is 3. The fourth-order valence-corrected chi connectivity index (χ4v) is 4.01. The molecule has 0 bridgehead atoms. The van der Waals surface area contributed by atoms with Crippen LogP contribution in [0.4, 0.5) is 8.78 Å². The third kappa shape index (κ3) is 8.16. The van der Waals surface area contributed by atoms with Gasteiger partial charge in [0.1, 0.15) is 17.4 Å². The first-order chi connectivity index (χ1) is 16.9. The van der Waals surface area contributed by atoms with Crippen molar-refractivity contribution in [1.82, 2.24) is 10.6 Å². The lowest BCUT2D eigenvalue weighted by molar-refractivity contribution is -0.122. The average Bonchev–Trinajstić information content (AvgIpc) is 2.83. The highest BCUT2D eigenvalue weighted by molar-refractivity contribution is 5.79. The van der Waals surface area contributed by atoms with Crippen LogP contribution in [-0.4, -0.2) is 36.8 Å². The summed E-state index contributed by atoms with van der Waals surface area (Å²) in [6, 6.07) is 17.8. The lowest BCUT2D eigenvalue weighted by atomic mass is 10.00. The highest BCUT2D eigenvalue weighted by Gasteiger charge is 2.23. The number of methoxy groups -OCH3 is 1. The van der Waals surface area contributed by atoms with E-state index in [1.807, 2.05) is 24.3 Å². The standard InChI is InChI=1S/C28H32F2N2O3/c1-3-19-7-6-8-20(11-19)17-31-18-26(33)25(14-21-12-23(29)16-24(30)13-21)32-28(34)15-22-9-4-5-10-27(22)35-2/h4-13,16,25-26,31,33H,3,14-15,17-18H2,1-2H3,(H,32,34). The summed E-state index contributed by atoms with van der Waals surface area (Å²) in [5.74, 6) is -1.15. The number of hydrogen-bond acceptors (Lipinski definition) is 4. The summed E-state index contributed by atoms with van der Waals surface area (Å²) in [7, 11) is 1.53. The fourth-order valence-electron chi connectivity index (χ4n) is 4.01. The zero-order valence-corrected chi connectivity index (χ0v) is 20.1. The van der Waals surface area contributed by atoms with Crippen molar-refractivity contribution in [1.29, 1.82) is 0 Å². The maximum atomic E-state index is 13.7. The van der Waals surface area contributed by atoms with Gasteiger partial charge in [0.25, 0.3) is 0 Å². The second-order valence-electron chi connectivity index (χ2n) is 8.52. The Kier molecular flexibility index (Phi) is 9.76. The number of aliphatic hydroxyl groups excluding tert-OH is 1. The molecule has 0 heterocycles. The van der Waals surface area contributed by atoms with E-state index in [1.165, 1.54) is 24.8 Å². The molecule has 3 aromatic rings. The van der Waals surface area contributed by atoms with E-state index in [0.717, 1.165) is 18.1 Å². The average molecular weight is 483 g/mol. The highest BCUT2D eigenvalue weighted by atomic mass is 19.1. The molecule has 5 nitrogen and oxygen atoms in total. The Morgan fingerprint density at radius 3 is 2.40 bits per heavy atom. The molecule has 0 fully saturated rings. The zero-order chi connectivity index (χ0) is 25.2. The molecule has 0 saturated heterocycles. The molecule has 2 atom stereocenters. The molecule has 7 heteroatoms. The molecule has 0 aliphatic heterocycles. The highest BCUT2D eigenvalue weighted by Crippen LogP contribution is 2.18. The van der Waals surface area contributed by atoms with Gasteiger partial charge in [0, 0.05) is 24.7 Å². The molecule has 35 heavy (non-hydrogen) atoms. The predicted octanol–water partition coefficient (Wildman–Crippen LogP) is 3.96. The second kappa shape index (κ2) is 13.0. The van der Waals surface area contributed by atoms with E-state index in [0.29, 0.717) is 23.4 Å².